The van der Waals surface area contributed by atoms with Crippen molar-refractivity contribution in [2.45, 2.75) is 122 Å². The van der Waals surface area contributed by atoms with E-state index in [1.807, 2.05) is 57.6 Å². The molecule has 0 aromatic rings. The third-order valence-electron chi connectivity index (χ3n) is 7.09. The molecule has 0 saturated heterocycles. The first-order valence-electron chi connectivity index (χ1n) is 16.7. The molecule has 252 valence electrons. The molecular weight excluding hydrogens is 558 g/mol. The van der Waals surface area contributed by atoms with E-state index in [2.05, 4.69) is 26.0 Å². The van der Waals surface area contributed by atoms with Crippen molar-refractivity contribution in [3.8, 4) is 0 Å². The number of hydrogen-bond donors (Lipinski definition) is 1. The summed E-state index contributed by atoms with van der Waals surface area (Å²) in [5.41, 5.74) is 0. The Morgan fingerprint density at radius 3 is 1.89 bits per heavy atom. The average molecular weight is 621 g/mol. The molecule has 44 heavy (non-hydrogen) atoms. The molecule has 0 fully saturated rings. The number of allylic oxidation sites excluding steroid dienone is 8. The highest BCUT2D eigenvalue weighted by Gasteiger charge is 2.31. The highest BCUT2D eigenvalue weighted by molar-refractivity contribution is 5.72. The van der Waals surface area contributed by atoms with E-state index in [1.165, 1.54) is 25.7 Å². The molecule has 0 aromatic carbocycles. The lowest BCUT2D eigenvalue weighted by molar-refractivity contribution is -0.887. The molecule has 0 amide bonds. The van der Waals surface area contributed by atoms with Crippen LogP contribution in [0.4, 0.5) is 0 Å². The third kappa shape index (κ3) is 25.8. The van der Waals surface area contributed by atoms with Crippen molar-refractivity contribution in [3.63, 3.8) is 0 Å². The standard InChI is InChI=1S/C36H61NO7/c1-6-8-10-12-14-15-16-17-18-19-21-22-24-26-34(38)43-31-32(30-42-29-28-33(36(40)41)37(3,4)5)44-35(39)27-25-23-20-13-11-9-7-2/h8,10,12,14-18,32-33H,6-7,9,11,13,19-31H2,1-5H3/p+1/b10-8+,14-12+,16-15+,18-17+. The third-order valence-corrected chi connectivity index (χ3v) is 7.09. The number of carboxylic acid groups (broad SMARTS) is 1. The Balaban J connectivity index is 4.53. The summed E-state index contributed by atoms with van der Waals surface area (Å²) in [5.74, 6) is -1.54. The number of likely N-dealkylation sites (N-methyl/N-ethyl adjacent to an activating group) is 1. The van der Waals surface area contributed by atoms with Gasteiger partial charge in [0.15, 0.2) is 12.1 Å². The van der Waals surface area contributed by atoms with Crippen molar-refractivity contribution in [1.29, 1.82) is 0 Å². The van der Waals surface area contributed by atoms with E-state index in [0.717, 1.165) is 51.4 Å². The van der Waals surface area contributed by atoms with Crippen LogP contribution in [0.2, 0.25) is 0 Å². The largest absolute Gasteiger partial charge is 0.477 e. The minimum absolute atomic E-state index is 0.0472. The summed E-state index contributed by atoms with van der Waals surface area (Å²) in [4.78, 5) is 36.5. The number of ether oxygens (including phenoxy) is 3. The van der Waals surface area contributed by atoms with Gasteiger partial charge in [-0.15, -0.1) is 0 Å². The number of unbranched alkanes of at least 4 members (excludes halogenated alkanes) is 9. The fraction of sp³-hybridized carbons (Fsp3) is 0.694. The fourth-order valence-corrected chi connectivity index (χ4v) is 4.45. The summed E-state index contributed by atoms with van der Waals surface area (Å²) in [7, 11) is 5.48. The molecule has 0 radical (unpaired) electrons. The van der Waals surface area contributed by atoms with Crippen LogP contribution >= 0.6 is 0 Å². The van der Waals surface area contributed by atoms with Gasteiger partial charge in [-0.2, -0.15) is 0 Å². The van der Waals surface area contributed by atoms with Crippen LogP contribution in [0.5, 0.6) is 0 Å². The molecule has 0 saturated carbocycles. The van der Waals surface area contributed by atoms with Crippen LogP contribution in [0.3, 0.4) is 0 Å². The second-order valence-electron chi connectivity index (χ2n) is 12.1. The summed E-state index contributed by atoms with van der Waals surface area (Å²) in [6.45, 7) is 4.47. The molecule has 0 aromatic heterocycles. The van der Waals surface area contributed by atoms with E-state index in [4.69, 9.17) is 14.2 Å². The van der Waals surface area contributed by atoms with Gasteiger partial charge in [0.25, 0.3) is 0 Å². The first-order chi connectivity index (χ1) is 21.1. The van der Waals surface area contributed by atoms with E-state index >= 15 is 0 Å². The highest BCUT2D eigenvalue weighted by Crippen LogP contribution is 2.12. The number of nitrogens with zero attached hydrogens (tertiary/aromatic N) is 1. The van der Waals surface area contributed by atoms with Crippen LogP contribution in [-0.4, -0.2) is 80.6 Å². The molecule has 0 aliphatic rings. The molecule has 2 unspecified atom stereocenters. The second-order valence-corrected chi connectivity index (χ2v) is 12.1. The highest BCUT2D eigenvalue weighted by atomic mass is 16.6. The summed E-state index contributed by atoms with van der Waals surface area (Å²) >= 11 is 0. The van der Waals surface area contributed by atoms with E-state index < -0.39 is 18.1 Å². The Bertz CT molecular complexity index is 870. The SMILES string of the molecule is CC/C=C/C=C/C=C/C=C/CCCCCC(=O)OCC(COCCC(C(=O)O)[N+](C)(C)C)OC(=O)CCCCCCCCC. The fourth-order valence-electron chi connectivity index (χ4n) is 4.45. The smallest absolute Gasteiger partial charge is 0.362 e. The molecule has 0 spiro atoms. The van der Waals surface area contributed by atoms with Gasteiger partial charge in [0.2, 0.25) is 0 Å². The van der Waals surface area contributed by atoms with Crippen LogP contribution in [0.25, 0.3) is 0 Å². The van der Waals surface area contributed by atoms with Gasteiger partial charge in [-0.05, 0) is 32.1 Å². The minimum Gasteiger partial charge on any atom is -0.477 e. The number of carbonyl (C=O) groups excluding carboxylic acids is 2. The first kappa shape index (κ1) is 41.3. The van der Waals surface area contributed by atoms with E-state index in [9.17, 15) is 19.5 Å². The van der Waals surface area contributed by atoms with Crippen molar-refractivity contribution in [1.82, 2.24) is 0 Å². The molecule has 8 nitrogen and oxygen atoms in total. The summed E-state index contributed by atoms with van der Waals surface area (Å²) in [6.07, 6.45) is 28.9. The van der Waals surface area contributed by atoms with Crippen molar-refractivity contribution in [2.75, 3.05) is 41.0 Å². The maximum absolute atomic E-state index is 12.5. The Labute approximate surface area is 267 Å². The summed E-state index contributed by atoms with van der Waals surface area (Å²) in [5, 5.41) is 9.53. The topological polar surface area (TPSA) is 99.1 Å². The summed E-state index contributed by atoms with van der Waals surface area (Å²) < 4.78 is 17.0. The van der Waals surface area contributed by atoms with Gasteiger partial charge in [-0.3, -0.25) is 9.59 Å². The lowest BCUT2D eigenvalue weighted by Crippen LogP contribution is -2.50. The van der Waals surface area contributed by atoms with Gasteiger partial charge in [0, 0.05) is 19.3 Å². The number of rotatable bonds is 28. The van der Waals surface area contributed by atoms with Gasteiger partial charge in [-0.1, -0.05) is 107 Å². The number of esters is 2. The Hall–Kier alpha value is -2.71. The second kappa shape index (κ2) is 27.8. The number of carbonyl (C=O) groups is 3. The van der Waals surface area contributed by atoms with E-state index in [-0.39, 0.29) is 36.2 Å². The molecular formula is C36H62NO7+. The van der Waals surface area contributed by atoms with Crippen LogP contribution < -0.4 is 0 Å². The molecule has 8 heteroatoms. The van der Waals surface area contributed by atoms with E-state index in [0.29, 0.717) is 19.3 Å². The number of aliphatic carboxylic acids is 1. The molecule has 2 atom stereocenters. The van der Waals surface area contributed by atoms with Gasteiger partial charge in [-0.25, -0.2) is 4.79 Å². The average Bonchev–Trinajstić information content (AvgIpc) is 2.96. The summed E-state index contributed by atoms with van der Waals surface area (Å²) in [6, 6.07) is -0.617. The van der Waals surface area contributed by atoms with Gasteiger partial charge in [0.1, 0.15) is 6.61 Å². The minimum atomic E-state index is -0.885. The molecule has 0 aliphatic carbocycles. The molecule has 0 bridgehead atoms. The van der Waals surface area contributed by atoms with Crippen molar-refractivity contribution < 1.29 is 38.2 Å². The quantitative estimate of drug-likeness (QED) is 0.0413. The lowest BCUT2D eigenvalue weighted by Gasteiger charge is -2.31. The Morgan fingerprint density at radius 1 is 0.705 bits per heavy atom. The molecule has 0 heterocycles. The van der Waals surface area contributed by atoms with Crippen molar-refractivity contribution in [3.05, 3.63) is 48.6 Å². The number of quaternary nitrogens is 1. The van der Waals surface area contributed by atoms with Gasteiger partial charge < -0.3 is 23.8 Å². The Morgan fingerprint density at radius 2 is 1.27 bits per heavy atom. The maximum Gasteiger partial charge on any atom is 0.362 e. The van der Waals surface area contributed by atoms with Crippen LogP contribution in [-0.2, 0) is 28.6 Å². The monoisotopic (exact) mass is 620 g/mol. The lowest BCUT2D eigenvalue weighted by atomic mass is 10.1. The van der Waals surface area contributed by atoms with Crippen molar-refractivity contribution in [2.24, 2.45) is 0 Å². The molecule has 0 rings (SSSR count). The number of hydrogen-bond acceptors (Lipinski definition) is 6. The van der Waals surface area contributed by atoms with E-state index in [1.54, 1.807) is 0 Å². The van der Waals surface area contributed by atoms with Crippen molar-refractivity contribution >= 4 is 17.9 Å². The normalized spacial score (nSPS) is 13.8. The van der Waals surface area contributed by atoms with Gasteiger partial charge >= 0.3 is 17.9 Å². The zero-order valence-electron chi connectivity index (χ0n) is 28.3. The number of carboxylic acids is 1. The zero-order chi connectivity index (χ0) is 32.9. The zero-order valence-corrected chi connectivity index (χ0v) is 28.3. The van der Waals surface area contributed by atoms with Crippen LogP contribution in [0.1, 0.15) is 110 Å². The Kier molecular flexibility index (Phi) is 26.1. The molecule has 1 N–H and O–H groups in total. The molecule has 0 aliphatic heterocycles. The first-order valence-corrected chi connectivity index (χ1v) is 16.7. The predicted molar refractivity (Wildman–Crippen MR) is 178 cm³/mol. The van der Waals surface area contributed by atoms with Gasteiger partial charge in [0.05, 0.1) is 34.4 Å². The predicted octanol–water partition coefficient (Wildman–Crippen LogP) is 7.73. The van der Waals surface area contributed by atoms with Crippen LogP contribution in [0, 0.1) is 0 Å². The maximum atomic E-state index is 12.5. The van der Waals surface area contributed by atoms with Crippen LogP contribution in [0.15, 0.2) is 48.6 Å².